The highest BCUT2D eigenvalue weighted by molar-refractivity contribution is 7.99. The van der Waals surface area contributed by atoms with E-state index in [1.165, 1.54) is 36.0 Å². The van der Waals surface area contributed by atoms with Gasteiger partial charge in [-0.3, -0.25) is 9.35 Å². The molecule has 0 bridgehead atoms. The van der Waals surface area contributed by atoms with E-state index in [0.717, 1.165) is 4.90 Å². The van der Waals surface area contributed by atoms with Crippen molar-refractivity contribution in [3.63, 3.8) is 0 Å². The van der Waals surface area contributed by atoms with Crippen molar-refractivity contribution >= 4 is 33.2 Å². The van der Waals surface area contributed by atoms with Crippen molar-refractivity contribution in [1.29, 1.82) is 0 Å². The van der Waals surface area contributed by atoms with Crippen molar-refractivity contribution in [2.75, 3.05) is 6.26 Å². The lowest BCUT2D eigenvalue weighted by atomic mass is 10.1. The zero-order valence-electron chi connectivity index (χ0n) is 10.4. The van der Waals surface area contributed by atoms with Gasteiger partial charge in [0.15, 0.2) is 5.71 Å². The molecule has 0 aliphatic heterocycles. The Bertz CT molecular complexity index is 585. The highest BCUT2D eigenvalue weighted by atomic mass is 32.2. The maximum absolute atomic E-state index is 12.3. The van der Waals surface area contributed by atoms with Gasteiger partial charge in [-0.1, -0.05) is 17.3 Å². The van der Waals surface area contributed by atoms with Crippen molar-refractivity contribution in [1.82, 2.24) is 0 Å². The number of carbonyl (C=O) groups is 1. The zero-order chi connectivity index (χ0) is 16.7. The largest absolute Gasteiger partial charge is 0.437 e. The quantitative estimate of drug-likeness (QED) is 0.217. The Labute approximate surface area is 122 Å². The smallest absolute Gasteiger partial charge is 0.410 e. The van der Waals surface area contributed by atoms with Crippen LogP contribution in [0, 0.1) is 0 Å². The van der Waals surface area contributed by atoms with Crippen molar-refractivity contribution in [3.05, 3.63) is 29.8 Å². The van der Waals surface area contributed by atoms with Crippen LogP contribution in [0.25, 0.3) is 0 Å². The van der Waals surface area contributed by atoms with Crippen LogP contribution in [0.4, 0.5) is 13.2 Å². The Kier molecular flexibility index (Phi) is 7.39. The van der Waals surface area contributed by atoms with Crippen LogP contribution in [0.2, 0.25) is 0 Å². The van der Waals surface area contributed by atoms with E-state index in [9.17, 15) is 21.6 Å². The van der Waals surface area contributed by atoms with Crippen molar-refractivity contribution in [2.24, 2.45) is 5.16 Å². The topological polar surface area (TPSA) is 104 Å². The molecule has 0 fully saturated rings. The minimum Gasteiger partial charge on any atom is -0.410 e. The number of carbonyl (C=O) groups excluding carboxylic acids is 1. The summed E-state index contributed by atoms with van der Waals surface area (Å²) in [6.45, 7) is 0. The predicted molar refractivity (Wildman–Crippen MR) is 70.9 cm³/mol. The summed E-state index contributed by atoms with van der Waals surface area (Å²) in [5, 5.41) is 10.6. The van der Waals surface area contributed by atoms with E-state index < -0.39 is 27.6 Å². The second kappa shape index (κ2) is 8.00. The summed E-state index contributed by atoms with van der Waals surface area (Å²) in [4.78, 5) is 9.83. The van der Waals surface area contributed by atoms with Gasteiger partial charge in [0.25, 0.3) is 5.62 Å². The molecule has 0 amide bonds. The number of thioether (sulfide) groups is 1. The summed E-state index contributed by atoms with van der Waals surface area (Å²) in [6, 6.07) is 5.62. The van der Waals surface area contributed by atoms with Crippen molar-refractivity contribution in [2.45, 2.75) is 11.1 Å². The van der Waals surface area contributed by atoms with Crippen molar-refractivity contribution < 1.29 is 36.1 Å². The van der Waals surface area contributed by atoms with Gasteiger partial charge in [-0.25, -0.2) is 0 Å². The van der Waals surface area contributed by atoms with Gasteiger partial charge in [-0.05, 0) is 18.4 Å². The molecule has 0 radical (unpaired) electrons. The predicted octanol–water partition coefficient (Wildman–Crippen LogP) is 2.21. The number of nitrogens with zero attached hydrogens (tertiary/aromatic N) is 1. The Morgan fingerprint density at radius 1 is 1.29 bits per heavy atom. The molecule has 0 heterocycles. The first-order valence-corrected chi connectivity index (χ1v) is 7.64. The minimum absolute atomic E-state index is 0.150. The number of oxime groups is 1. The zero-order valence-corrected chi connectivity index (χ0v) is 12.0. The first-order chi connectivity index (χ1) is 9.55. The molecule has 0 aliphatic carbocycles. The van der Waals surface area contributed by atoms with E-state index in [4.69, 9.17) is 14.6 Å². The molecule has 0 spiro atoms. The molecular weight excluding hydrogens is 335 g/mol. The fraction of sp³-hybridized carbons (Fsp3) is 0.200. The van der Waals surface area contributed by atoms with Gasteiger partial charge in [0.1, 0.15) is 0 Å². The number of rotatable bonds is 3. The van der Waals surface area contributed by atoms with E-state index in [1.54, 1.807) is 0 Å². The van der Waals surface area contributed by atoms with E-state index in [1.807, 2.05) is 6.26 Å². The summed E-state index contributed by atoms with van der Waals surface area (Å²) in [5.74, 6) is 0. The summed E-state index contributed by atoms with van der Waals surface area (Å²) < 4.78 is 62.7. The molecule has 0 unspecified atom stereocenters. The molecule has 1 rings (SSSR count). The molecule has 118 valence electrons. The third-order valence-electron chi connectivity index (χ3n) is 1.85. The highest BCUT2D eigenvalue weighted by Gasteiger charge is 2.37. The SMILES string of the molecule is CSc1ccc(C(=NO)C(F)(F)F)cc1.O=CS(=O)(=O)O. The standard InChI is InChI=1S/C9H8F3NOS.CH2O4S/c1-15-7-4-2-6(3-5-7)8(13-14)9(10,11)12;2-1-6(3,4)5/h2-5,14H,1H3;1H,(H,3,4,5). The van der Waals surface area contributed by atoms with E-state index in [2.05, 4.69) is 5.16 Å². The molecule has 0 saturated carbocycles. The minimum atomic E-state index is -4.64. The van der Waals surface area contributed by atoms with Crippen LogP contribution in [0.1, 0.15) is 5.56 Å². The van der Waals surface area contributed by atoms with Crippen LogP contribution in [0.3, 0.4) is 0 Å². The summed E-state index contributed by atoms with van der Waals surface area (Å²) >= 11 is 1.42. The fourth-order valence-corrected chi connectivity index (χ4v) is 1.44. The second-order valence-electron chi connectivity index (χ2n) is 3.29. The molecule has 2 N–H and O–H groups in total. The monoisotopic (exact) mass is 345 g/mol. The summed E-state index contributed by atoms with van der Waals surface area (Å²) in [5.41, 5.74) is -1.97. The molecule has 0 aliphatic rings. The molecule has 1 aromatic rings. The molecular formula is C10H10F3NO5S2. The second-order valence-corrected chi connectivity index (χ2v) is 5.39. The molecule has 0 saturated heterocycles. The Morgan fingerprint density at radius 3 is 1.95 bits per heavy atom. The number of benzene rings is 1. The summed E-state index contributed by atoms with van der Waals surface area (Å²) in [6.07, 6.45) is -2.82. The Morgan fingerprint density at radius 2 is 1.71 bits per heavy atom. The van der Waals surface area contributed by atoms with Gasteiger partial charge >= 0.3 is 16.3 Å². The van der Waals surface area contributed by atoms with E-state index >= 15 is 0 Å². The first kappa shape index (κ1) is 19.4. The third kappa shape index (κ3) is 7.68. The number of alkyl halides is 3. The van der Waals surface area contributed by atoms with Crippen LogP contribution in [-0.4, -0.2) is 41.9 Å². The molecule has 0 atom stereocenters. The fourth-order valence-electron chi connectivity index (χ4n) is 1.03. The lowest BCUT2D eigenvalue weighted by Crippen LogP contribution is -2.23. The number of hydrogen-bond donors (Lipinski definition) is 2. The average molecular weight is 345 g/mol. The number of hydrogen-bond acceptors (Lipinski definition) is 6. The maximum atomic E-state index is 12.3. The van der Waals surface area contributed by atoms with Crippen LogP contribution in [0.5, 0.6) is 0 Å². The molecule has 1 aromatic carbocycles. The van der Waals surface area contributed by atoms with Crippen molar-refractivity contribution in [3.8, 4) is 0 Å². The maximum Gasteiger partial charge on any atom is 0.437 e. The molecule has 6 nitrogen and oxygen atoms in total. The lowest BCUT2D eigenvalue weighted by Gasteiger charge is -2.08. The Hall–Kier alpha value is -1.59. The van der Waals surface area contributed by atoms with Gasteiger partial charge in [0.05, 0.1) is 0 Å². The highest BCUT2D eigenvalue weighted by Crippen LogP contribution is 2.24. The lowest BCUT2D eigenvalue weighted by molar-refractivity contribution is -0.0601. The van der Waals surface area contributed by atoms with E-state index in [-0.39, 0.29) is 5.56 Å². The summed E-state index contributed by atoms with van der Waals surface area (Å²) in [7, 11) is -4.34. The van der Waals surface area contributed by atoms with Crippen LogP contribution >= 0.6 is 11.8 Å². The molecule has 21 heavy (non-hydrogen) atoms. The van der Waals surface area contributed by atoms with Gasteiger partial charge in [-0.2, -0.15) is 21.6 Å². The van der Waals surface area contributed by atoms with Gasteiger partial charge in [0.2, 0.25) is 0 Å². The number of halogens is 3. The van der Waals surface area contributed by atoms with Gasteiger partial charge < -0.3 is 5.21 Å². The van der Waals surface area contributed by atoms with Crippen LogP contribution < -0.4 is 0 Å². The normalized spacial score (nSPS) is 12.3. The molecule has 0 aromatic heterocycles. The van der Waals surface area contributed by atoms with E-state index in [0.29, 0.717) is 0 Å². The average Bonchev–Trinajstić information content (AvgIpc) is 2.38. The Balaban J connectivity index is 0.000000567. The third-order valence-corrected chi connectivity index (χ3v) is 2.84. The van der Waals surface area contributed by atoms with Gasteiger partial charge in [0, 0.05) is 10.5 Å². The van der Waals surface area contributed by atoms with Crippen LogP contribution in [-0.2, 0) is 14.9 Å². The van der Waals surface area contributed by atoms with Gasteiger partial charge in [-0.15, -0.1) is 11.8 Å². The molecule has 11 heteroatoms. The van der Waals surface area contributed by atoms with Crippen LogP contribution in [0.15, 0.2) is 34.3 Å². The first-order valence-electron chi connectivity index (χ1n) is 4.91.